The third-order valence-corrected chi connectivity index (χ3v) is 5.37. The van der Waals surface area contributed by atoms with E-state index in [1.54, 1.807) is 11.3 Å². The molecular weight excluding hydrogens is 304 g/mol. The first-order valence-electron chi connectivity index (χ1n) is 8.45. The summed E-state index contributed by atoms with van der Waals surface area (Å²) in [6.45, 7) is 4.17. The molecule has 0 spiro atoms. The van der Waals surface area contributed by atoms with Crippen LogP contribution in [0.4, 0.5) is 0 Å². The Hall–Kier alpha value is -1.65. The van der Waals surface area contributed by atoms with Crippen LogP contribution in [0.5, 0.6) is 0 Å². The first kappa shape index (κ1) is 16.2. The molecule has 0 radical (unpaired) electrons. The van der Waals surface area contributed by atoms with Gasteiger partial charge in [0.15, 0.2) is 6.04 Å². The highest BCUT2D eigenvalue weighted by atomic mass is 32.1. The number of amides is 1. The second-order valence-corrected chi connectivity index (χ2v) is 7.33. The highest BCUT2D eigenvalue weighted by molar-refractivity contribution is 7.10. The summed E-state index contributed by atoms with van der Waals surface area (Å²) in [6.07, 6.45) is 3.31. The first-order chi connectivity index (χ1) is 11.2. The molecule has 23 heavy (non-hydrogen) atoms. The van der Waals surface area contributed by atoms with Gasteiger partial charge < -0.3 is 10.6 Å². The molecule has 2 aromatic rings. The molecule has 3 nitrogen and oxygen atoms in total. The van der Waals surface area contributed by atoms with Gasteiger partial charge >= 0.3 is 0 Å². The number of quaternary nitrogens is 1. The largest absolute Gasteiger partial charge is 0.348 e. The molecule has 1 saturated carbocycles. The number of carbonyl (C=O) groups is 1. The van der Waals surface area contributed by atoms with Gasteiger partial charge in [-0.15, -0.1) is 11.3 Å². The van der Waals surface area contributed by atoms with Crippen LogP contribution in [0.1, 0.15) is 48.7 Å². The highest BCUT2D eigenvalue weighted by Crippen LogP contribution is 2.23. The zero-order valence-electron chi connectivity index (χ0n) is 13.8. The maximum Gasteiger partial charge on any atom is 0.278 e. The van der Waals surface area contributed by atoms with Gasteiger partial charge in [0.05, 0.1) is 4.88 Å². The highest BCUT2D eigenvalue weighted by Gasteiger charge is 2.29. The molecule has 1 aromatic carbocycles. The van der Waals surface area contributed by atoms with Crippen LogP contribution < -0.4 is 10.6 Å². The van der Waals surface area contributed by atoms with E-state index >= 15 is 0 Å². The van der Waals surface area contributed by atoms with Crippen molar-refractivity contribution in [3.05, 3.63) is 57.8 Å². The Kier molecular flexibility index (Phi) is 5.13. The van der Waals surface area contributed by atoms with Crippen molar-refractivity contribution in [1.82, 2.24) is 5.32 Å². The number of carbonyl (C=O) groups excluding carboxylic acids is 1. The second-order valence-electron chi connectivity index (χ2n) is 6.35. The van der Waals surface area contributed by atoms with Gasteiger partial charge in [0, 0.05) is 11.6 Å². The minimum Gasteiger partial charge on any atom is -0.348 e. The van der Waals surface area contributed by atoms with E-state index in [1.165, 1.54) is 16.0 Å². The van der Waals surface area contributed by atoms with E-state index < -0.39 is 0 Å². The third kappa shape index (κ3) is 4.21. The number of hydrogen-bond acceptors (Lipinski definition) is 2. The molecule has 0 saturated heterocycles. The molecule has 1 aromatic heterocycles. The van der Waals surface area contributed by atoms with Gasteiger partial charge in [-0.2, -0.15) is 0 Å². The fraction of sp³-hybridized carbons (Fsp3) is 0.421. The van der Waals surface area contributed by atoms with Crippen molar-refractivity contribution in [2.45, 2.75) is 51.2 Å². The Morgan fingerprint density at radius 3 is 2.61 bits per heavy atom. The Morgan fingerprint density at radius 1 is 1.30 bits per heavy atom. The van der Waals surface area contributed by atoms with E-state index in [2.05, 4.69) is 59.3 Å². The lowest BCUT2D eigenvalue weighted by molar-refractivity contribution is -0.704. The summed E-state index contributed by atoms with van der Waals surface area (Å²) in [5.41, 5.74) is 2.61. The van der Waals surface area contributed by atoms with E-state index in [4.69, 9.17) is 0 Å². The van der Waals surface area contributed by atoms with Crippen LogP contribution >= 0.6 is 11.3 Å². The van der Waals surface area contributed by atoms with Crippen molar-refractivity contribution >= 4 is 17.2 Å². The van der Waals surface area contributed by atoms with Crippen LogP contribution in [0.25, 0.3) is 0 Å². The van der Waals surface area contributed by atoms with Crippen LogP contribution in [-0.4, -0.2) is 18.0 Å². The fourth-order valence-corrected chi connectivity index (χ4v) is 3.57. The zero-order valence-corrected chi connectivity index (χ0v) is 14.6. The van der Waals surface area contributed by atoms with Gasteiger partial charge in [-0.25, -0.2) is 0 Å². The predicted molar refractivity (Wildman–Crippen MR) is 94.5 cm³/mol. The quantitative estimate of drug-likeness (QED) is 0.806. The predicted octanol–water partition coefficient (Wildman–Crippen LogP) is 2.63. The topological polar surface area (TPSA) is 45.7 Å². The minimum absolute atomic E-state index is 0.0893. The smallest absolute Gasteiger partial charge is 0.278 e. The van der Waals surface area contributed by atoms with Crippen LogP contribution in [-0.2, 0) is 11.2 Å². The molecule has 0 bridgehead atoms. The fourth-order valence-electron chi connectivity index (χ4n) is 2.74. The standard InChI is InChI=1S/C19H24N2OS/c1-3-14-6-8-15(9-7-14)18(17-5-4-12-23-17)20-13(2)19(22)21-16-10-11-16/h4-9,12-13,16,18,20H,3,10-11H2,1-2H3,(H,21,22)/p+1/t13-,18-/m1/s1. The molecular formula is C19H25N2OS+. The number of thiophene rings is 1. The SMILES string of the molecule is CCc1ccc([C@@H]([NH2+][C@H](C)C(=O)NC2CC2)c2cccs2)cc1. The van der Waals surface area contributed by atoms with Crippen molar-refractivity contribution in [3.63, 3.8) is 0 Å². The molecule has 4 heteroatoms. The number of nitrogens with two attached hydrogens (primary N) is 1. The number of nitrogens with one attached hydrogen (secondary N) is 1. The van der Waals surface area contributed by atoms with Crippen molar-refractivity contribution in [1.29, 1.82) is 0 Å². The van der Waals surface area contributed by atoms with E-state index in [9.17, 15) is 4.79 Å². The molecule has 2 atom stereocenters. The number of rotatable bonds is 7. The summed E-state index contributed by atoms with van der Waals surface area (Å²) >= 11 is 1.75. The zero-order chi connectivity index (χ0) is 16.2. The van der Waals surface area contributed by atoms with Gasteiger partial charge in [0.1, 0.15) is 6.04 Å². The molecule has 122 valence electrons. The van der Waals surface area contributed by atoms with Gasteiger partial charge in [-0.1, -0.05) is 37.3 Å². The van der Waals surface area contributed by atoms with E-state index in [0.717, 1.165) is 19.3 Å². The monoisotopic (exact) mass is 329 g/mol. The summed E-state index contributed by atoms with van der Waals surface area (Å²) in [7, 11) is 0. The Balaban J connectivity index is 1.76. The van der Waals surface area contributed by atoms with Crippen LogP contribution in [0.2, 0.25) is 0 Å². The average Bonchev–Trinajstić information content (AvgIpc) is 3.22. The molecule has 1 aliphatic carbocycles. The normalized spacial score (nSPS) is 16.8. The van der Waals surface area contributed by atoms with Crippen LogP contribution in [0.3, 0.4) is 0 Å². The van der Waals surface area contributed by atoms with Crippen LogP contribution in [0.15, 0.2) is 41.8 Å². The molecule has 3 rings (SSSR count). The van der Waals surface area contributed by atoms with Crippen molar-refractivity contribution < 1.29 is 10.1 Å². The lowest BCUT2D eigenvalue weighted by atomic mass is 10.0. The third-order valence-electron chi connectivity index (χ3n) is 4.42. The molecule has 3 N–H and O–H groups in total. The lowest BCUT2D eigenvalue weighted by Gasteiger charge is -2.19. The average molecular weight is 329 g/mol. The maximum absolute atomic E-state index is 12.3. The first-order valence-corrected chi connectivity index (χ1v) is 9.33. The summed E-state index contributed by atoms with van der Waals surface area (Å²) < 4.78 is 0. The molecule has 1 aliphatic rings. The lowest BCUT2D eigenvalue weighted by Crippen LogP contribution is -2.92. The Morgan fingerprint density at radius 2 is 2.04 bits per heavy atom. The van der Waals surface area contributed by atoms with Crippen LogP contribution in [0, 0.1) is 0 Å². The van der Waals surface area contributed by atoms with Crippen molar-refractivity contribution in [2.75, 3.05) is 0 Å². The van der Waals surface area contributed by atoms with Gasteiger partial charge in [0.2, 0.25) is 0 Å². The molecule has 0 unspecified atom stereocenters. The van der Waals surface area contributed by atoms with E-state index in [0.29, 0.717) is 6.04 Å². The van der Waals surface area contributed by atoms with Gasteiger partial charge in [-0.3, -0.25) is 4.79 Å². The maximum atomic E-state index is 12.3. The minimum atomic E-state index is -0.0893. The number of benzene rings is 1. The van der Waals surface area contributed by atoms with Gasteiger partial charge in [0.25, 0.3) is 5.91 Å². The Labute approximate surface area is 142 Å². The number of aryl methyl sites for hydroxylation is 1. The summed E-state index contributed by atoms with van der Waals surface area (Å²) in [5, 5.41) is 7.39. The molecule has 0 aliphatic heterocycles. The second kappa shape index (κ2) is 7.28. The summed E-state index contributed by atoms with van der Waals surface area (Å²) in [4.78, 5) is 13.6. The molecule has 1 heterocycles. The van der Waals surface area contributed by atoms with Crippen molar-refractivity contribution in [3.8, 4) is 0 Å². The Bertz CT molecular complexity index is 632. The summed E-state index contributed by atoms with van der Waals surface area (Å²) in [5.74, 6) is 0.152. The molecule has 1 amide bonds. The van der Waals surface area contributed by atoms with Gasteiger partial charge in [-0.05, 0) is 43.2 Å². The molecule has 1 fully saturated rings. The van der Waals surface area contributed by atoms with E-state index in [-0.39, 0.29) is 18.0 Å². The summed E-state index contributed by atoms with van der Waals surface area (Å²) in [6, 6.07) is 13.5. The van der Waals surface area contributed by atoms with E-state index in [1.807, 2.05) is 6.92 Å². The van der Waals surface area contributed by atoms with Crippen molar-refractivity contribution in [2.24, 2.45) is 0 Å². The number of hydrogen-bond donors (Lipinski definition) is 2.